The Kier molecular flexibility index (Phi) is 3.35. The van der Waals surface area contributed by atoms with Crippen LogP contribution in [-0.4, -0.2) is 35.6 Å². The van der Waals surface area contributed by atoms with Gasteiger partial charge >= 0.3 is 5.97 Å². The summed E-state index contributed by atoms with van der Waals surface area (Å²) in [6.45, 7) is 3.93. The summed E-state index contributed by atoms with van der Waals surface area (Å²) in [4.78, 5) is 13.2. The third-order valence-electron chi connectivity index (χ3n) is 3.33. The van der Waals surface area contributed by atoms with Gasteiger partial charge in [0.05, 0.1) is 0 Å². The lowest BCUT2D eigenvalue weighted by Crippen LogP contribution is -2.48. The number of likely N-dealkylation sites (N-methyl/N-ethyl adjacent to an activating group) is 1. The number of carboxylic acid groups (broad SMARTS) is 1. The number of carbonyl (C=O) groups is 1. The molecule has 1 aliphatic carbocycles. The predicted molar refractivity (Wildman–Crippen MR) is 60.8 cm³/mol. The number of allylic oxidation sites excluding steroid dienone is 2. The zero-order chi connectivity index (χ0) is 11.6. The minimum atomic E-state index is -0.746. The van der Waals surface area contributed by atoms with E-state index in [0.29, 0.717) is 12.8 Å². The molecule has 0 saturated heterocycles. The second-order valence-corrected chi connectivity index (χ2v) is 4.21. The van der Waals surface area contributed by atoms with Crippen molar-refractivity contribution in [3.8, 4) is 0 Å². The average Bonchev–Trinajstić information content (AvgIpc) is 2.57. The minimum Gasteiger partial charge on any atom is -0.480 e. The summed E-state index contributed by atoms with van der Waals surface area (Å²) in [6.07, 6.45) is 5.24. The summed E-state index contributed by atoms with van der Waals surface area (Å²) in [5.74, 6) is -0.733. The van der Waals surface area contributed by atoms with Crippen molar-refractivity contribution in [2.24, 2.45) is 0 Å². The van der Waals surface area contributed by atoms with Crippen molar-refractivity contribution >= 4 is 5.97 Å². The highest BCUT2D eigenvalue weighted by Gasteiger charge is 2.47. The van der Waals surface area contributed by atoms with E-state index in [1.807, 2.05) is 45.0 Å². The van der Waals surface area contributed by atoms with Crippen LogP contribution in [0.3, 0.4) is 0 Å². The highest BCUT2D eigenvalue weighted by Crippen LogP contribution is 2.41. The Labute approximate surface area is 91.1 Å². The monoisotopic (exact) mass is 209 g/mol. The zero-order valence-corrected chi connectivity index (χ0v) is 9.87. The quantitative estimate of drug-likeness (QED) is 0.756. The van der Waals surface area contributed by atoms with Gasteiger partial charge in [-0.2, -0.15) is 0 Å². The standard InChI is InChI=1S/C12H19NO2/c1-5-9-7-12(11(14)15,13(3)4)8-10(9)6-2/h5-6H,7-8H2,1-4H3,(H,14,15)/b9-5-,10-6-. The van der Waals surface area contributed by atoms with Crippen molar-refractivity contribution in [3.63, 3.8) is 0 Å². The van der Waals surface area contributed by atoms with Gasteiger partial charge in [0.15, 0.2) is 0 Å². The molecule has 3 nitrogen and oxygen atoms in total. The van der Waals surface area contributed by atoms with Crippen LogP contribution in [0.1, 0.15) is 26.7 Å². The van der Waals surface area contributed by atoms with Crippen molar-refractivity contribution < 1.29 is 9.90 Å². The summed E-state index contributed by atoms with van der Waals surface area (Å²) in [6, 6.07) is 0. The van der Waals surface area contributed by atoms with Crippen LogP contribution in [0, 0.1) is 0 Å². The number of hydrogen-bond acceptors (Lipinski definition) is 2. The van der Waals surface area contributed by atoms with Crippen LogP contribution in [0.5, 0.6) is 0 Å². The van der Waals surface area contributed by atoms with E-state index in [1.165, 1.54) is 0 Å². The van der Waals surface area contributed by atoms with Gasteiger partial charge in [0.2, 0.25) is 0 Å². The molecule has 1 saturated carbocycles. The Morgan fingerprint density at radius 1 is 1.27 bits per heavy atom. The van der Waals surface area contributed by atoms with Crippen LogP contribution in [0.2, 0.25) is 0 Å². The molecule has 0 aromatic rings. The Morgan fingerprint density at radius 2 is 1.67 bits per heavy atom. The maximum absolute atomic E-state index is 11.4. The summed E-state index contributed by atoms with van der Waals surface area (Å²) in [5.41, 5.74) is 1.58. The normalized spacial score (nSPS) is 25.4. The van der Waals surface area contributed by atoms with E-state index < -0.39 is 11.5 Å². The van der Waals surface area contributed by atoms with Crippen molar-refractivity contribution in [1.82, 2.24) is 4.90 Å². The Bertz CT molecular complexity index is 307. The van der Waals surface area contributed by atoms with E-state index in [1.54, 1.807) is 0 Å². The highest BCUT2D eigenvalue weighted by molar-refractivity contribution is 5.82. The van der Waals surface area contributed by atoms with Gasteiger partial charge in [-0.05, 0) is 39.1 Å². The smallest absolute Gasteiger partial charge is 0.324 e. The Balaban J connectivity index is 3.14. The Hall–Kier alpha value is -1.09. The van der Waals surface area contributed by atoms with Crippen molar-refractivity contribution in [3.05, 3.63) is 23.3 Å². The average molecular weight is 209 g/mol. The van der Waals surface area contributed by atoms with Gasteiger partial charge in [-0.1, -0.05) is 12.2 Å². The molecule has 0 aliphatic heterocycles. The molecule has 0 spiro atoms. The zero-order valence-electron chi connectivity index (χ0n) is 9.87. The molecule has 0 aromatic carbocycles. The molecule has 3 heteroatoms. The summed E-state index contributed by atoms with van der Waals surface area (Å²) >= 11 is 0. The van der Waals surface area contributed by atoms with E-state index in [-0.39, 0.29) is 0 Å². The fourth-order valence-electron chi connectivity index (χ4n) is 2.15. The van der Waals surface area contributed by atoms with Gasteiger partial charge in [-0.15, -0.1) is 0 Å². The van der Waals surface area contributed by atoms with E-state index in [4.69, 9.17) is 0 Å². The van der Waals surface area contributed by atoms with Crippen LogP contribution in [0.4, 0.5) is 0 Å². The molecule has 0 aromatic heterocycles. The molecule has 1 aliphatic rings. The van der Waals surface area contributed by atoms with Crippen LogP contribution < -0.4 is 0 Å². The van der Waals surface area contributed by atoms with Gasteiger partial charge in [-0.25, -0.2) is 0 Å². The second-order valence-electron chi connectivity index (χ2n) is 4.21. The first kappa shape index (κ1) is 12.0. The topological polar surface area (TPSA) is 40.5 Å². The van der Waals surface area contributed by atoms with Crippen LogP contribution in [0.25, 0.3) is 0 Å². The van der Waals surface area contributed by atoms with E-state index in [0.717, 1.165) is 11.1 Å². The molecule has 0 heterocycles. The molecule has 0 atom stereocenters. The van der Waals surface area contributed by atoms with Crippen molar-refractivity contribution in [2.45, 2.75) is 32.2 Å². The number of nitrogens with zero attached hydrogens (tertiary/aromatic N) is 1. The van der Waals surface area contributed by atoms with Crippen molar-refractivity contribution in [1.29, 1.82) is 0 Å². The lowest BCUT2D eigenvalue weighted by Gasteiger charge is -2.31. The number of aliphatic carboxylic acids is 1. The predicted octanol–water partition coefficient (Wildman–Crippen LogP) is 2.06. The molecule has 0 radical (unpaired) electrons. The van der Waals surface area contributed by atoms with Crippen LogP contribution in [-0.2, 0) is 4.79 Å². The van der Waals surface area contributed by atoms with Gasteiger partial charge in [0.25, 0.3) is 0 Å². The lowest BCUT2D eigenvalue weighted by molar-refractivity contribution is -0.149. The molecular weight excluding hydrogens is 190 g/mol. The molecule has 1 rings (SSSR count). The summed E-state index contributed by atoms with van der Waals surface area (Å²) < 4.78 is 0. The van der Waals surface area contributed by atoms with Gasteiger partial charge in [0, 0.05) is 12.8 Å². The minimum absolute atomic E-state index is 0.603. The molecule has 1 fully saturated rings. The third kappa shape index (κ3) is 1.84. The third-order valence-corrected chi connectivity index (χ3v) is 3.33. The first-order valence-electron chi connectivity index (χ1n) is 5.19. The van der Waals surface area contributed by atoms with Crippen LogP contribution in [0.15, 0.2) is 23.3 Å². The van der Waals surface area contributed by atoms with E-state index in [9.17, 15) is 9.90 Å². The van der Waals surface area contributed by atoms with Gasteiger partial charge in [-0.3, -0.25) is 9.69 Å². The number of hydrogen-bond donors (Lipinski definition) is 1. The SMILES string of the molecule is C/C=C1/CC(C(=O)O)(N(C)C)C/C1=C/C. The van der Waals surface area contributed by atoms with Gasteiger partial charge in [0.1, 0.15) is 5.54 Å². The number of carboxylic acids is 1. The van der Waals surface area contributed by atoms with Gasteiger partial charge < -0.3 is 5.11 Å². The maximum atomic E-state index is 11.4. The fraction of sp³-hybridized carbons (Fsp3) is 0.583. The highest BCUT2D eigenvalue weighted by atomic mass is 16.4. The first-order chi connectivity index (χ1) is 6.97. The molecular formula is C12H19NO2. The number of rotatable bonds is 2. The van der Waals surface area contributed by atoms with E-state index in [2.05, 4.69) is 0 Å². The first-order valence-corrected chi connectivity index (χ1v) is 5.19. The van der Waals surface area contributed by atoms with E-state index >= 15 is 0 Å². The molecule has 1 N–H and O–H groups in total. The largest absolute Gasteiger partial charge is 0.480 e. The lowest BCUT2D eigenvalue weighted by atomic mass is 9.95. The Morgan fingerprint density at radius 3 is 1.87 bits per heavy atom. The van der Waals surface area contributed by atoms with Crippen LogP contribution >= 0.6 is 0 Å². The molecule has 0 unspecified atom stereocenters. The molecule has 84 valence electrons. The fourth-order valence-corrected chi connectivity index (χ4v) is 2.15. The summed E-state index contributed by atoms with van der Waals surface area (Å²) in [7, 11) is 3.67. The molecule has 0 bridgehead atoms. The second kappa shape index (κ2) is 4.19. The molecule has 15 heavy (non-hydrogen) atoms. The molecule has 0 amide bonds. The van der Waals surface area contributed by atoms with Crippen molar-refractivity contribution in [2.75, 3.05) is 14.1 Å². The maximum Gasteiger partial charge on any atom is 0.324 e. The summed E-state index contributed by atoms with van der Waals surface area (Å²) in [5, 5.41) is 9.36.